The highest BCUT2D eigenvalue weighted by Crippen LogP contribution is 2.33. The van der Waals surface area contributed by atoms with Gasteiger partial charge in [0.15, 0.2) is 0 Å². The predicted molar refractivity (Wildman–Crippen MR) is 87.3 cm³/mol. The fourth-order valence-corrected chi connectivity index (χ4v) is 3.64. The van der Waals surface area contributed by atoms with Gasteiger partial charge in [0.2, 0.25) is 11.8 Å². The van der Waals surface area contributed by atoms with E-state index in [1.54, 1.807) is 11.8 Å². The molecule has 4 nitrogen and oxygen atoms in total. The van der Waals surface area contributed by atoms with E-state index in [1.165, 1.54) is 0 Å². The number of benzene rings is 1. The van der Waals surface area contributed by atoms with Crippen LogP contribution < -0.4 is 10.2 Å². The Morgan fingerprint density at radius 1 is 1.19 bits per heavy atom. The molecule has 2 unspecified atom stereocenters. The first-order valence-corrected chi connectivity index (χ1v) is 7.93. The molecule has 114 valence electrons. The molecule has 0 saturated carbocycles. The van der Waals surface area contributed by atoms with Gasteiger partial charge in [-0.15, -0.1) is 0 Å². The first kappa shape index (κ1) is 16.0. The highest BCUT2D eigenvalue weighted by atomic mass is 79.9. The number of aryl methyl sites for hydroxylation is 2. The van der Waals surface area contributed by atoms with Crippen molar-refractivity contribution in [1.82, 2.24) is 5.32 Å². The van der Waals surface area contributed by atoms with Gasteiger partial charge >= 0.3 is 0 Å². The summed E-state index contributed by atoms with van der Waals surface area (Å²) in [6.07, 6.45) is 0. The molecule has 1 saturated heterocycles. The standard InChI is InChI=1S/C16H21BrN2O2/c1-8(2)13-15(20)18-11(5)16(21)19(13)14-9(3)6-12(17)7-10(14)4/h6-8,11,13H,1-5H3,(H,18,20). The SMILES string of the molecule is Cc1cc(Br)cc(C)c1N1C(=O)C(C)NC(=O)C1C(C)C. The number of nitrogens with one attached hydrogen (secondary N) is 1. The van der Waals surface area contributed by atoms with Crippen LogP contribution in [0, 0.1) is 19.8 Å². The quantitative estimate of drug-likeness (QED) is 0.889. The van der Waals surface area contributed by atoms with Gasteiger partial charge in [-0.2, -0.15) is 0 Å². The van der Waals surface area contributed by atoms with Crippen molar-refractivity contribution in [2.75, 3.05) is 4.90 Å². The lowest BCUT2D eigenvalue weighted by Gasteiger charge is -2.41. The molecule has 5 heteroatoms. The van der Waals surface area contributed by atoms with Crippen LogP contribution in [0.1, 0.15) is 31.9 Å². The number of amides is 2. The minimum Gasteiger partial charge on any atom is -0.343 e. The summed E-state index contributed by atoms with van der Waals surface area (Å²) in [7, 11) is 0. The van der Waals surface area contributed by atoms with E-state index in [-0.39, 0.29) is 17.7 Å². The van der Waals surface area contributed by atoms with Gasteiger partial charge in [-0.1, -0.05) is 29.8 Å². The Balaban J connectivity index is 2.61. The number of hydrogen-bond acceptors (Lipinski definition) is 2. The van der Waals surface area contributed by atoms with Crippen molar-refractivity contribution in [1.29, 1.82) is 0 Å². The van der Waals surface area contributed by atoms with Crippen LogP contribution in [-0.4, -0.2) is 23.9 Å². The molecule has 1 heterocycles. The lowest BCUT2D eigenvalue weighted by atomic mass is 9.94. The molecule has 2 atom stereocenters. The minimum atomic E-state index is -0.491. The van der Waals surface area contributed by atoms with Crippen LogP contribution in [0.4, 0.5) is 5.69 Å². The van der Waals surface area contributed by atoms with E-state index in [0.717, 1.165) is 21.3 Å². The van der Waals surface area contributed by atoms with Crippen molar-refractivity contribution < 1.29 is 9.59 Å². The lowest BCUT2D eigenvalue weighted by molar-refractivity contribution is -0.134. The Kier molecular flexibility index (Phi) is 4.42. The zero-order valence-electron chi connectivity index (χ0n) is 13.0. The fourth-order valence-electron chi connectivity index (χ4n) is 2.96. The monoisotopic (exact) mass is 352 g/mol. The molecule has 1 aliphatic heterocycles. The number of piperazine rings is 1. The van der Waals surface area contributed by atoms with Crippen LogP contribution in [-0.2, 0) is 9.59 Å². The van der Waals surface area contributed by atoms with Crippen LogP contribution >= 0.6 is 15.9 Å². The summed E-state index contributed by atoms with van der Waals surface area (Å²) in [5, 5.41) is 2.77. The molecule has 1 N–H and O–H groups in total. The Bertz CT molecular complexity index is 575. The van der Waals surface area contributed by atoms with Crippen LogP contribution in [0.2, 0.25) is 0 Å². The maximum Gasteiger partial charge on any atom is 0.250 e. The molecular weight excluding hydrogens is 332 g/mol. The smallest absolute Gasteiger partial charge is 0.250 e. The normalized spacial score (nSPS) is 22.7. The van der Waals surface area contributed by atoms with Crippen LogP contribution in [0.5, 0.6) is 0 Å². The third-order valence-electron chi connectivity index (χ3n) is 3.84. The molecule has 2 rings (SSSR count). The van der Waals surface area contributed by atoms with E-state index in [0.29, 0.717) is 0 Å². The van der Waals surface area contributed by atoms with Crippen molar-refractivity contribution in [2.24, 2.45) is 5.92 Å². The Morgan fingerprint density at radius 2 is 1.71 bits per heavy atom. The number of nitrogens with zero attached hydrogens (tertiary/aromatic N) is 1. The van der Waals surface area contributed by atoms with E-state index >= 15 is 0 Å². The first-order chi connectivity index (χ1) is 9.73. The average Bonchev–Trinajstić information content (AvgIpc) is 2.33. The molecular formula is C16H21BrN2O2. The molecule has 0 radical (unpaired) electrons. The zero-order chi connectivity index (χ0) is 15.9. The van der Waals surface area contributed by atoms with Crippen molar-refractivity contribution in [2.45, 2.75) is 46.7 Å². The van der Waals surface area contributed by atoms with Crippen LogP contribution in [0.25, 0.3) is 0 Å². The lowest BCUT2D eigenvalue weighted by Crippen LogP contribution is -2.64. The largest absolute Gasteiger partial charge is 0.343 e. The Morgan fingerprint density at radius 3 is 2.19 bits per heavy atom. The van der Waals surface area contributed by atoms with Gasteiger partial charge in [0.1, 0.15) is 12.1 Å². The number of carbonyl (C=O) groups is 2. The third kappa shape index (κ3) is 2.84. The second-order valence-electron chi connectivity index (χ2n) is 6.02. The molecule has 2 amide bonds. The number of carbonyl (C=O) groups excluding carboxylic acids is 2. The predicted octanol–water partition coefficient (Wildman–Crippen LogP) is 2.94. The van der Waals surface area contributed by atoms with E-state index in [9.17, 15) is 9.59 Å². The minimum absolute atomic E-state index is 0.0453. The van der Waals surface area contributed by atoms with Gasteiger partial charge in [-0.3, -0.25) is 14.5 Å². The molecule has 1 aliphatic rings. The van der Waals surface area contributed by atoms with E-state index < -0.39 is 12.1 Å². The van der Waals surface area contributed by atoms with Gasteiger partial charge in [0, 0.05) is 4.47 Å². The summed E-state index contributed by atoms with van der Waals surface area (Å²) < 4.78 is 0.976. The molecule has 1 fully saturated rings. The maximum absolute atomic E-state index is 12.7. The number of halogens is 1. The highest BCUT2D eigenvalue weighted by Gasteiger charge is 2.42. The van der Waals surface area contributed by atoms with E-state index in [2.05, 4.69) is 21.2 Å². The molecule has 0 bridgehead atoms. The molecule has 1 aromatic rings. The first-order valence-electron chi connectivity index (χ1n) is 7.14. The van der Waals surface area contributed by atoms with Crippen molar-refractivity contribution in [3.05, 3.63) is 27.7 Å². The zero-order valence-corrected chi connectivity index (χ0v) is 14.6. The summed E-state index contributed by atoms with van der Waals surface area (Å²) in [5.74, 6) is -0.0930. The molecule has 0 aliphatic carbocycles. The van der Waals surface area contributed by atoms with Crippen LogP contribution in [0.15, 0.2) is 16.6 Å². The number of anilines is 1. The van der Waals surface area contributed by atoms with E-state index in [4.69, 9.17) is 0 Å². The summed E-state index contributed by atoms with van der Waals surface area (Å²) in [5.41, 5.74) is 2.83. The second-order valence-corrected chi connectivity index (χ2v) is 6.93. The van der Waals surface area contributed by atoms with Crippen molar-refractivity contribution in [3.8, 4) is 0 Å². The number of hydrogen-bond donors (Lipinski definition) is 1. The summed E-state index contributed by atoms with van der Waals surface area (Å²) in [6, 6.07) is 3.00. The van der Waals surface area contributed by atoms with Gasteiger partial charge < -0.3 is 5.32 Å². The van der Waals surface area contributed by atoms with Crippen molar-refractivity contribution >= 4 is 33.4 Å². The fraction of sp³-hybridized carbons (Fsp3) is 0.500. The molecule has 0 spiro atoms. The van der Waals surface area contributed by atoms with E-state index in [1.807, 2.05) is 39.8 Å². The Hall–Kier alpha value is -1.36. The average molecular weight is 353 g/mol. The molecule has 21 heavy (non-hydrogen) atoms. The van der Waals surface area contributed by atoms with Gasteiger partial charge in [-0.05, 0) is 49.9 Å². The van der Waals surface area contributed by atoms with Gasteiger partial charge in [0.05, 0.1) is 5.69 Å². The molecule has 1 aromatic carbocycles. The van der Waals surface area contributed by atoms with Crippen LogP contribution in [0.3, 0.4) is 0 Å². The van der Waals surface area contributed by atoms with Gasteiger partial charge in [0.25, 0.3) is 0 Å². The number of rotatable bonds is 2. The summed E-state index contributed by atoms with van der Waals surface area (Å²) in [6.45, 7) is 9.59. The topological polar surface area (TPSA) is 49.4 Å². The summed E-state index contributed by atoms with van der Waals surface area (Å²) in [4.78, 5) is 26.7. The maximum atomic E-state index is 12.7. The second kappa shape index (κ2) is 5.79. The Labute approximate surface area is 134 Å². The summed E-state index contributed by atoms with van der Waals surface area (Å²) >= 11 is 3.47. The van der Waals surface area contributed by atoms with Crippen molar-refractivity contribution in [3.63, 3.8) is 0 Å². The third-order valence-corrected chi connectivity index (χ3v) is 4.30. The van der Waals surface area contributed by atoms with Gasteiger partial charge in [-0.25, -0.2) is 0 Å². The highest BCUT2D eigenvalue weighted by molar-refractivity contribution is 9.10. The molecule has 0 aromatic heterocycles.